The summed E-state index contributed by atoms with van der Waals surface area (Å²) in [7, 11) is 0. The Kier molecular flexibility index (Phi) is 7.71. The second-order valence-corrected chi connectivity index (χ2v) is 2.57. The van der Waals surface area contributed by atoms with E-state index in [9.17, 15) is 0 Å². The molecule has 0 amide bonds. The van der Waals surface area contributed by atoms with Crippen molar-refractivity contribution in [2.45, 2.75) is 0 Å². The SMILES string of the molecule is C=C[n+]1ccn(OCCOCCO)c1.[Cl-]. The fraction of sp³-hybridized carbons (Fsp3) is 0.444. The summed E-state index contributed by atoms with van der Waals surface area (Å²) in [4.78, 5) is 5.28. The van der Waals surface area contributed by atoms with Crippen LogP contribution in [0, 0.1) is 0 Å². The van der Waals surface area contributed by atoms with Crippen LogP contribution in [0.1, 0.15) is 0 Å². The summed E-state index contributed by atoms with van der Waals surface area (Å²) in [6, 6.07) is 0. The van der Waals surface area contributed by atoms with E-state index in [-0.39, 0.29) is 19.0 Å². The number of ether oxygens (including phenoxy) is 1. The first-order valence-electron chi connectivity index (χ1n) is 4.40. The molecule has 15 heavy (non-hydrogen) atoms. The summed E-state index contributed by atoms with van der Waals surface area (Å²) >= 11 is 0. The van der Waals surface area contributed by atoms with E-state index >= 15 is 0 Å². The molecule has 0 saturated heterocycles. The molecule has 0 aliphatic carbocycles. The van der Waals surface area contributed by atoms with E-state index in [1.54, 1.807) is 28.0 Å². The molecule has 0 bridgehead atoms. The molecule has 0 saturated carbocycles. The largest absolute Gasteiger partial charge is 1.00 e. The molecule has 1 aromatic rings. The molecule has 1 aromatic heterocycles. The highest BCUT2D eigenvalue weighted by Gasteiger charge is 2.00. The molecular weight excluding hydrogens is 220 g/mol. The van der Waals surface area contributed by atoms with Crippen LogP contribution in [0.25, 0.3) is 6.20 Å². The first kappa shape index (κ1) is 14.0. The fourth-order valence-electron chi connectivity index (χ4n) is 0.904. The Bertz CT molecular complexity index is 278. The highest BCUT2D eigenvalue weighted by Crippen LogP contribution is 1.80. The third-order valence-corrected chi connectivity index (χ3v) is 1.55. The van der Waals surface area contributed by atoms with Crippen LogP contribution < -0.4 is 21.8 Å². The minimum Gasteiger partial charge on any atom is -1.00 e. The Balaban J connectivity index is 0.00000196. The number of hydrogen-bond acceptors (Lipinski definition) is 3. The van der Waals surface area contributed by atoms with Crippen molar-refractivity contribution >= 4 is 6.20 Å². The average molecular weight is 235 g/mol. The van der Waals surface area contributed by atoms with Gasteiger partial charge in [-0.2, -0.15) is 0 Å². The van der Waals surface area contributed by atoms with Gasteiger partial charge in [0.25, 0.3) is 6.33 Å². The number of rotatable bonds is 7. The number of aliphatic hydroxyl groups excluding tert-OH is 1. The lowest BCUT2D eigenvalue weighted by atomic mass is 10.7. The maximum Gasteiger partial charge on any atom is 0.288 e. The lowest BCUT2D eigenvalue weighted by molar-refractivity contribution is -0.568. The van der Waals surface area contributed by atoms with Gasteiger partial charge in [-0.15, -0.1) is 0 Å². The maximum absolute atomic E-state index is 8.43. The van der Waals surface area contributed by atoms with Crippen molar-refractivity contribution in [3.8, 4) is 0 Å². The van der Waals surface area contributed by atoms with Gasteiger partial charge in [0.2, 0.25) is 0 Å². The van der Waals surface area contributed by atoms with Crippen LogP contribution in [0.4, 0.5) is 0 Å². The van der Waals surface area contributed by atoms with Crippen LogP contribution in [-0.2, 0) is 4.74 Å². The fourth-order valence-corrected chi connectivity index (χ4v) is 0.904. The van der Waals surface area contributed by atoms with E-state index in [0.717, 1.165) is 0 Å². The Labute approximate surface area is 94.9 Å². The Morgan fingerprint density at radius 2 is 2.20 bits per heavy atom. The Morgan fingerprint density at radius 1 is 1.40 bits per heavy atom. The Morgan fingerprint density at radius 3 is 2.80 bits per heavy atom. The zero-order valence-electron chi connectivity index (χ0n) is 8.38. The molecule has 1 rings (SSSR count). The summed E-state index contributed by atoms with van der Waals surface area (Å²) in [5.41, 5.74) is 0. The predicted molar refractivity (Wildman–Crippen MR) is 50.4 cm³/mol. The first-order valence-corrected chi connectivity index (χ1v) is 4.40. The van der Waals surface area contributed by atoms with Crippen LogP contribution in [0.5, 0.6) is 0 Å². The minimum absolute atomic E-state index is 0. The summed E-state index contributed by atoms with van der Waals surface area (Å²) in [5.74, 6) is 0. The van der Waals surface area contributed by atoms with Crippen molar-refractivity contribution in [1.82, 2.24) is 4.73 Å². The standard InChI is InChI=1S/C9H15N2O3.ClH/c1-2-10-3-4-11(9-10)14-8-7-13-6-5-12;/h2-4,9,12H,1,5-8H2;1H/q+1;/p-1. The van der Waals surface area contributed by atoms with Crippen molar-refractivity contribution in [2.75, 3.05) is 26.4 Å². The maximum atomic E-state index is 8.43. The predicted octanol–water partition coefficient (Wildman–Crippen LogP) is -3.68. The van der Waals surface area contributed by atoms with Gasteiger partial charge in [-0.1, -0.05) is 11.3 Å². The molecule has 0 unspecified atom stereocenters. The van der Waals surface area contributed by atoms with E-state index < -0.39 is 0 Å². The first-order chi connectivity index (χ1) is 6.86. The molecule has 86 valence electrons. The van der Waals surface area contributed by atoms with E-state index in [0.29, 0.717) is 19.8 Å². The average Bonchev–Trinajstić information content (AvgIpc) is 2.65. The molecule has 0 fully saturated rings. The van der Waals surface area contributed by atoms with Gasteiger partial charge in [-0.25, -0.2) is 4.57 Å². The van der Waals surface area contributed by atoms with Crippen LogP contribution in [0.2, 0.25) is 0 Å². The van der Waals surface area contributed by atoms with Gasteiger partial charge >= 0.3 is 0 Å². The van der Waals surface area contributed by atoms with Gasteiger partial charge in [0.15, 0.2) is 12.8 Å². The lowest BCUT2D eigenvalue weighted by Gasteiger charge is -2.00. The van der Waals surface area contributed by atoms with Crippen molar-refractivity contribution in [2.24, 2.45) is 0 Å². The van der Waals surface area contributed by atoms with Gasteiger partial charge in [-0.05, 0) is 0 Å². The van der Waals surface area contributed by atoms with Crippen LogP contribution in [0.15, 0.2) is 25.3 Å². The van der Waals surface area contributed by atoms with Gasteiger partial charge in [0, 0.05) is 0 Å². The summed E-state index contributed by atoms with van der Waals surface area (Å²) in [6.45, 7) is 4.91. The van der Waals surface area contributed by atoms with E-state index in [4.69, 9.17) is 14.7 Å². The van der Waals surface area contributed by atoms with Gasteiger partial charge in [0.05, 0.1) is 26.0 Å². The molecular formula is C9H15ClN2O3. The molecule has 0 atom stereocenters. The zero-order chi connectivity index (χ0) is 10.2. The molecule has 0 aliphatic heterocycles. The Hall–Kier alpha value is -1.04. The number of aliphatic hydroxyl groups is 1. The minimum atomic E-state index is 0. The van der Waals surface area contributed by atoms with E-state index in [1.165, 1.54) is 0 Å². The molecule has 5 nitrogen and oxygen atoms in total. The number of nitrogens with zero attached hydrogens (tertiary/aromatic N) is 2. The van der Waals surface area contributed by atoms with Gasteiger partial charge in [0.1, 0.15) is 6.20 Å². The molecule has 0 spiro atoms. The van der Waals surface area contributed by atoms with Crippen molar-refractivity contribution in [3.63, 3.8) is 0 Å². The molecule has 1 N–H and O–H groups in total. The molecule has 0 aliphatic rings. The highest BCUT2D eigenvalue weighted by molar-refractivity contribution is 4.94. The number of halogens is 1. The van der Waals surface area contributed by atoms with Crippen molar-refractivity contribution < 1.29 is 31.7 Å². The quantitative estimate of drug-likeness (QED) is 0.391. The zero-order valence-corrected chi connectivity index (χ0v) is 9.14. The lowest BCUT2D eigenvalue weighted by Crippen LogP contribution is -3.00. The van der Waals surface area contributed by atoms with E-state index in [1.807, 2.05) is 6.20 Å². The third-order valence-electron chi connectivity index (χ3n) is 1.55. The smallest absolute Gasteiger partial charge is 0.288 e. The monoisotopic (exact) mass is 234 g/mol. The second-order valence-electron chi connectivity index (χ2n) is 2.57. The molecule has 0 aromatic carbocycles. The summed E-state index contributed by atoms with van der Waals surface area (Å²) in [5, 5.41) is 8.43. The molecule has 6 heteroatoms. The second kappa shape index (κ2) is 8.28. The van der Waals surface area contributed by atoms with Crippen molar-refractivity contribution in [1.29, 1.82) is 0 Å². The summed E-state index contributed by atoms with van der Waals surface area (Å²) < 4.78 is 8.37. The number of aromatic nitrogens is 2. The molecule has 0 radical (unpaired) electrons. The normalized spacial score (nSPS) is 9.40. The topological polar surface area (TPSA) is 47.5 Å². The highest BCUT2D eigenvalue weighted by atomic mass is 35.5. The molecule has 1 heterocycles. The number of imidazole rings is 1. The summed E-state index contributed by atoms with van der Waals surface area (Å²) in [6.07, 6.45) is 7.01. The van der Waals surface area contributed by atoms with Crippen LogP contribution in [-0.4, -0.2) is 36.3 Å². The van der Waals surface area contributed by atoms with Crippen LogP contribution >= 0.6 is 0 Å². The third kappa shape index (κ3) is 5.41. The van der Waals surface area contributed by atoms with Gasteiger partial charge in [-0.3, -0.25) is 0 Å². The number of hydrogen-bond donors (Lipinski definition) is 1. The van der Waals surface area contributed by atoms with Crippen LogP contribution in [0.3, 0.4) is 0 Å². The van der Waals surface area contributed by atoms with Crippen molar-refractivity contribution in [3.05, 3.63) is 25.3 Å². The van der Waals surface area contributed by atoms with E-state index in [2.05, 4.69) is 6.58 Å². The van der Waals surface area contributed by atoms with Gasteiger partial charge < -0.3 is 27.1 Å².